The molecule has 0 spiro atoms. The Kier molecular flexibility index (Phi) is 4.63. The second-order valence-electron chi connectivity index (χ2n) is 5.69. The highest BCUT2D eigenvalue weighted by Crippen LogP contribution is 2.31. The molecule has 1 atom stereocenters. The zero-order valence-electron chi connectivity index (χ0n) is 12.0. The fourth-order valence-corrected chi connectivity index (χ4v) is 4.13. The maximum atomic E-state index is 12.4. The van der Waals surface area contributed by atoms with Gasteiger partial charge in [-0.05, 0) is 31.9 Å². The number of carbonyl (C=O) groups is 1. The van der Waals surface area contributed by atoms with Crippen molar-refractivity contribution in [3.05, 3.63) is 30.1 Å². The van der Waals surface area contributed by atoms with Crippen LogP contribution in [0.15, 0.2) is 24.4 Å². The van der Waals surface area contributed by atoms with E-state index >= 15 is 0 Å². The van der Waals surface area contributed by atoms with E-state index in [9.17, 15) is 18.3 Å². The Bertz CT molecular complexity index is 603. The predicted octanol–water partition coefficient (Wildman–Crippen LogP) is 1.14. The van der Waals surface area contributed by atoms with Crippen molar-refractivity contribution < 1.29 is 18.3 Å². The van der Waals surface area contributed by atoms with Crippen LogP contribution in [0, 0.1) is 5.41 Å². The molecular weight excluding hydrogens is 292 g/mol. The Morgan fingerprint density at radius 3 is 2.86 bits per heavy atom. The highest BCUT2D eigenvalue weighted by atomic mass is 32.2. The lowest BCUT2D eigenvalue weighted by atomic mass is 9.83. The topological polar surface area (TPSA) is 87.6 Å². The molecule has 1 aromatic rings. The van der Waals surface area contributed by atoms with Crippen LogP contribution in [-0.2, 0) is 21.2 Å². The first kappa shape index (κ1) is 15.9. The number of rotatable bonds is 5. The number of sulfonamides is 1. The largest absolute Gasteiger partial charge is 0.481 e. The first-order valence-corrected chi connectivity index (χ1v) is 8.56. The molecule has 1 aliphatic heterocycles. The second-order valence-corrected chi connectivity index (χ2v) is 7.78. The predicted molar refractivity (Wildman–Crippen MR) is 78.3 cm³/mol. The highest BCUT2D eigenvalue weighted by molar-refractivity contribution is 7.89. The molecule has 0 aliphatic carbocycles. The second kappa shape index (κ2) is 6.11. The number of pyridine rings is 1. The summed E-state index contributed by atoms with van der Waals surface area (Å²) >= 11 is 0. The molecule has 2 rings (SSSR count). The number of carboxylic acids is 1. The van der Waals surface area contributed by atoms with Gasteiger partial charge in [-0.25, -0.2) is 12.7 Å². The van der Waals surface area contributed by atoms with Gasteiger partial charge < -0.3 is 5.11 Å². The molecular formula is C14H20N2O4S. The van der Waals surface area contributed by atoms with Crippen LogP contribution in [0.3, 0.4) is 0 Å². The van der Waals surface area contributed by atoms with Gasteiger partial charge in [-0.3, -0.25) is 9.78 Å². The lowest BCUT2D eigenvalue weighted by molar-refractivity contribution is -0.150. The number of aromatic nitrogens is 1. The zero-order chi connectivity index (χ0) is 15.5. The number of hydrogen-bond donors (Lipinski definition) is 1. The van der Waals surface area contributed by atoms with Crippen molar-refractivity contribution in [1.29, 1.82) is 0 Å². The summed E-state index contributed by atoms with van der Waals surface area (Å²) in [5.41, 5.74) is -0.268. The van der Waals surface area contributed by atoms with Crippen molar-refractivity contribution in [3.63, 3.8) is 0 Å². The summed E-state index contributed by atoms with van der Waals surface area (Å²) in [7, 11) is -3.46. The Hall–Kier alpha value is -1.47. The average Bonchev–Trinajstić information content (AvgIpc) is 2.46. The molecule has 7 heteroatoms. The van der Waals surface area contributed by atoms with Crippen LogP contribution in [-0.4, -0.2) is 47.6 Å². The van der Waals surface area contributed by atoms with E-state index in [4.69, 9.17) is 0 Å². The Labute approximate surface area is 124 Å². The van der Waals surface area contributed by atoms with Gasteiger partial charge in [0.15, 0.2) is 0 Å². The van der Waals surface area contributed by atoms with Crippen LogP contribution in [0.4, 0.5) is 0 Å². The number of piperidine rings is 1. The molecule has 1 aromatic heterocycles. The molecule has 2 heterocycles. The standard InChI is InChI=1S/C14H20N2O4S/c1-14(13(17)18)7-4-9-16(11-14)21(19,20)10-6-12-5-2-3-8-15-12/h2-3,5,8H,4,6-7,9-11H2,1H3,(H,17,18). The third kappa shape index (κ3) is 3.79. The molecule has 0 saturated carbocycles. The monoisotopic (exact) mass is 312 g/mol. The lowest BCUT2D eigenvalue weighted by Crippen LogP contribution is -2.49. The summed E-state index contributed by atoms with van der Waals surface area (Å²) in [6.07, 6.45) is 3.05. The molecule has 0 radical (unpaired) electrons. The summed E-state index contributed by atoms with van der Waals surface area (Å²) in [5, 5.41) is 9.26. The molecule has 6 nitrogen and oxygen atoms in total. The number of hydrogen-bond acceptors (Lipinski definition) is 4. The van der Waals surface area contributed by atoms with Crippen LogP contribution < -0.4 is 0 Å². The Balaban J connectivity index is 2.04. The third-order valence-corrected chi connectivity index (χ3v) is 5.73. The van der Waals surface area contributed by atoms with Gasteiger partial charge in [-0.2, -0.15) is 0 Å². The molecule has 1 unspecified atom stereocenters. The first-order valence-electron chi connectivity index (χ1n) is 6.95. The van der Waals surface area contributed by atoms with E-state index < -0.39 is 21.4 Å². The molecule has 0 bridgehead atoms. The maximum Gasteiger partial charge on any atom is 0.310 e. The van der Waals surface area contributed by atoms with Gasteiger partial charge in [0.2, 0.25) is 10.0 Å². The van der Waals surface area contributed by atoms with E-state index in [1.807, 2.05) is 6.07 Å². The molecule has 1 N–H and O–H groups in total. The fourth-order valence-electron chi connectivity index (χ4n) is 2.51. The van der Waals surface area contributed by atoms with Gasteiger partial charge in [0, 0.05) is 31.4 Å². The summed E-state index contributed by atoms with van der Waals surface area (Å²) in [4.78, 5) is 15.4. The van der Waals surface area contributed by atoms with E-state index in [1.54, 1.807) is 25.3 Å². The van der Waals surface area contributed by atoms with Crippen molar-refractivity contribution in [2.24, 2.45) is 5.41 Å². The molecule has 1 saturated heterocycles. The Morgan fingerprint density at radius 2 is 2.24 bits per heavy atom. The summed E-state index contributed by atoms with van der Waals surface area (Å²) < 4.78 is 26.1. The number of nitrogens with zero attached hydrogens (tertiary/aromatic N) is 2. The van der Waals surface area contributed by atoms with Crippen LogP contribution in [0.1, 0.15) is 25.5 Å². The zero-order valence-corrected chi connectivity index (χ0v) is 12.8. The lowest BCUT2D eigenvalue weighted by Gasteiger charge is -2.36. The number of carboxylic acid groups (broad SMARTS) is 1. The average molecular weight is 312 g/mol. The minimum absolute atomic E-state index is 0.0420. The summed E-state index contributed by atoms with van der Waals surface area (Å²) in [6, 6.07) is 5.38. The van der Waals surface area contributed by atoms with E-state index in [2.05, 4.69) is 4.98 Å². The van der Waals surface area contributed by atoms with E-state index in [0.29, 0.717) is 25.8 Å². The van der Waals surface area contributed by atoms with Crippen LogP contribution in [0.25, 0.3) is 0 Å². The number of aryl methyl sites for hydroxylation is 1. The van der Waals surface area contributed by atoms with E-state index in [-0.39, 0.29) is 12.3 Å². The summed E-state index contributed by atoms with van der Waals surface area (Å²) in [6.45, 7) is 2.05. The molecule has 116 valence electrons. The van der Waals surface area contributed by atoms with Crippen molar-refractivity contribution in [2.45, 2.75) is 26.2 Å². The molecule has 1 fully saturated rings. The van der Waals surface area contributed by atoms with Crippen LogP contribution in [0.5, 0.6) is 0 Å². The quantitative estimate of drug-likeness (QED) is 0.881. The van der Waals surface area contributed by atoms with E-state index in [0.717, 1.165) is 5.69 Å². The Morgan fingerprint density at radius 1 is 1.48 bits per heavy atom. The van der Waals surface area contributed by atoms with E-state index in [1.165, 1.54) is 4.31 Å². The minimum Gasteiger partial charge on any atom is -0.481 e. The van der Waals surface area contributed by atoms with Crippen molar-refractivity contribution >= 4 is 16.0 Å². The molecule has 1 aliphatic rings. The molecule has 0 aromatic carbocycles. The van der Waals surface area contributed by atoms with Gasteiger partial charge in [-0.1, -0.05) is 6.07 Å². The maximum absolute atomic E-state index is 12.4. The van der Waals surface area contributed by atoms with Crippen molar-refractivity contribution in [2.75, 3.05) is 18.8 Å². The normalized spacial score (nSPS) is 23.9. The van der Waals surface area contributed by atoms with Gasteiger partial charge in [0.25, 0.3) is 0 Å². The van der Waals surface area contributed by atoms with Crippen molar-refractivity contribution in [1.82, 2.24) is 9.29 Å². The minimum atomic E-state index is -3.46. The van der Waals surface area contributed by atoms with Gasteiger partial charge in [-0.15, -0.1) is 0 Å². The van der Waals surface area contributed by atoms with Gasteiger partial charge in [0.1, 0.15) is 0 Å². The van der Waals surface area contributed by atoms with Crippen LogP contribution in [0.2, 0.25) is 0 Å². The smallest absolute Gasteiger partial charge is 0.310 e. The highest BCUT2D eigenvalue weighted by Gasteiger charge is 2.41. The van der Waals surface area contributed by atoms with Crippen LogP contribution >= 0.6 is 0 Å². The molecule has 21 heavy (non-hydrogen) atoms. The van der Waals surface area contributed by atoms with Gasteiger partial charge >= 0.3 is 5.97 Å². The number of aliphatic carboxylic acids is 1. The SMILES string of the molecule is CC1(C(=O)O)CCCN(S(=O)(=O)CCc2ccccn2)C1. The first-order chi connectivity index (χ1) is 9.83. The fraction of sp³-hybridized carbons (Fsp3) is 0.571. The third-order valence-electron chi connectivity index (χ3n) is 3.91. The van der Waals surface area contributed by atoms with Crippen molar-refractivity contribution in [3.8, 4) is 0 Å². The molecule has 0 amide bonds. The summed E-state index contributed by atoms with van der Waals surface area (Å²) in [5.74, 6) is -0.980. The van der Waals surface area contributed by atoms with Gasteiger partial charge in [0.05, 0.1) is 11.2 Å².